The van der Waals surface area contributed by atoms with Crippen LogP contribution in [0, 0.1) is 6.92 Å². The number of nitrogens with one attached hydrogen (secondary N) is 1. The molecule has 0 spiro atoms. The highest BCUT2D eigenvalue weighted by atomic mass is 32.1. The summed E-state index contributed by atoms with van der Waals surface area (Å²) in [5.41, 5.74) is 1.11. The molecule has 1 atom stereocenters. The lowest BCUT2D eigenvalue weighted by atomic mass is 10.3. The quantitative estimate of drug-likeness (QED) is 0.849. The standard InChI is InChI=1S/C10H15N5S/c1-8(4-15-6-12-13-7-15)11-3-10-5-16-9(2)14-10/h5-8,11H,3-4H2,1-2H3. The molecule has 0 radical (unpaired) electrons. The molecule has 1 N–H and O–H groups in total. The monoisotopic (exact) mass is 237 g/mol. The number of nitrogens with zero attached hydrogens (tertiary/aromatic N) is 4. The molecule has 2 aromatic rings. The predicted octanol–water partition coefficient (Wildman–Crippen LogP) is 1.22. The first kappa shape index (κ1) is 11.2. The second kappa shape index (κ2) is 5.18. The molecule has 2 rings (SSSR count). The van der Waals surface area contributed by atoms with E-state index >= 15 is 0 Å². The zero-order chi connectivity index (χ0) is 11.4. The highest BCUT2D eigenvalue weighted by Gasteiger charge is 2.04. The first-order valence-corrected chi connectivity index (χ1v) is 6.09. The molecule has 2 heterocycles. The molecule has 16 heavy (non-hydrogen) atoms. The number of hydrogen-bond donors (Lipinski definition) is 1. The summed E-state index contributed by atoms with van der Waals surface area (Å²) in [4.78, 5) is 4.40. The number of rotatable bonds is 5. The van der Waals surface area contributed by atoms with Gasteiger partial charge >= 0.3 is 0 Å². The Morgan fingerprint density at radius 2 is 2.19 bits per heavy atom. The van der Waals surface area contributed by atoms with Gasteiger partial charge in [-0.25, -0.2) is 4.98 Å². The van der Waals surface area contributed by atoms with Gasteiger partial charge in [-0.05, 0) is 13.8 Å². The van der Waals surface area contributed by atoms with Gasteiger partial charge < -0.3 is 9.88 Å². The SMILES string of the molecule is Cc1nc(CNC(C)Cn2cnnc2)cs1. The van der Waals surface area contributed by atoms with Crippen molar-refractivity contribution in [2.45, 2.75) is 33.0 Å². The lowest BCUT2D eigenvalue weighted by molar-refractivity contribution is 0.473. The Morgan fingerprint density at radius 3 is 2.81 bits per heavy atom. The first-order valence-electron chi connectivity index (χ1n) is 5.21. The van der Waals surface area contributed by atoms with E-state index in [1.54, 1.807) is 24.0 Å². The topological polar surface area (TPSA) is 55.6 Å². The van der Waals surface area contributed by atoms with Crippen LogP contribution in [0.25, 0.3) is 0 Å². The molecule has 0 aromatic carbocycles. The van der Waals surface area contributed by atoms with Crippen LogP contribution in [0.15, 0.2) is 18.0 Å². The molecule has 6 heteroatoms. The van der Waals surface area contributed by atoms with E-state index in [-0.39, 0.29) is 0 Å². The van der Waals surface area contributed by atoms with Crippen molar-refractivity contribution >= 4 is 11.3 Å². The van der Waals surface area contributed by atoms with Gasteiger partial charge in [0.15, 0.2) is 0 Å². The van der Waals surface area contributed by atoms with Crippen molar-refractivity contribution in [1.29, 1.82) is 0 Å². The second-order valence-electron chi connectivity index (χ2n) is 3.80. The Balaban J connectivity index is 1.77. The highest BCUT2D eigenvalue weighted by molar-refractivity contribution is 7.09. The second-order valence-corrected chi connectivity index (χ2v) is 4.86. The van der Waals surface area contributed by atoms with Crippen molar-refractivity contribution in [3.05, 3.63) is 28.7 Å². The molecular formula is C10H15N5S. The molecule has 2 aromatic heterocycles. The molecule has 1 unspecified atom stereocenters. The van der Waals surface area contributed by atoms with Gasteiger partial charge in [0.05, 0.1) is 10.7 Å². The summed E-state index contributed by atoms with van der Waals surface area (Å²) < 4.78 is 1.96. The number of aryl methyl sites for hydroxylation is 1. The average molecular weight is 237 g/mol. The Morgan fingerprint density at radius 1 is 1.44 bits per heavy atom. The van der Waals surface area contributed by atoms with Gasteiger partial charge in [-0.1, -0.05) is 0 Å². The fourth-order valence-electron chi connectivity index (χ4n) is 1.47. The van der Waals surface area contributed by atoms with E-state index < -0.39 is 0 Å². The number of aromatic nitrogens is 4. The minimum Gasteiger partial charge on any atom is -0.319 e. The third kappa shape index (κ3) is 3.11. The maximum Gasteiger partial charge on any atom is 0.119 e. The summed E-state index contributed by atoms with van der Waals surface area (Å²) >= 11 is 1.69. The number of thiazole rings is 1. The van der Waals surface area contributed by atoms with Crippen molar-refractivity contribution in [2.24, 2.45) is 0 Å². The fourth-order valence-corrected chi connectivity index (χ4v) is 2.08. The molecule has 0 amide bonds. The predicted molar refractivity (Wildman–Crippen MR) is 63.2 cm³/mol. The summed E-state index contributed by atoms with van der Waals surface area (Å²) in [5.74, 6) is 0. The molecule has 86 valence electrons. The van der Waals surface area contributed by atoms with E-state index in [0.717, 1.165) is 23.8 Å². The molecule has 0 saturated carbocycles. The molecule has 0 saturated heterocycles. The van der Waals surface area contributed by atoms with Crippen molar-refractivity contribution in [1.82, 2.24) is 25.1 Å². The average Bonchev–Trinajstić information content (AvgIpc) is 2.87. The Labute approximate surface area is 98.5 Å². The van der Waals surface area contributed by atoms with Crippen LogP contribution in [-0.4, -0.2) is 25.8 Å². The van der Waals surface area contributed by atoms with E-state index in [0.29, 0.717) is 6.04 Å². The fraction of sp³-hybridized carbons (Fsp3) is 0.500. The lowest BCUT2D eigenvalue weighted by Gasteiger charge is -2.12. The normalized spacial score (nSPS) is 12.9. The molecule has 5 nitrogen and oxygen atoms in total. The molecule has 0 aliphatic rings. The van der Waals surface area contributed by atoms with Gasteiger partial charge in [-0.3, -0.25) is 0 Å². The van der Waals surface area contributed by atoms with Crippen LogP contribution in [0.4, 0.5) is 0 Å². The van der Waals surface area contributed by atoms with Crippen LogP contribution < -0.4 is 5.32 Å². The van der Waals surface area contributed by atoms with Crippen molar-refractivity contribution in [3.8, 4) is 0 Å². The van der Waals surface area contributed by atoms with Crippen molar-refractivity contribution < 1.29 is 0 Å². The summed E-state index contributed by atoms with van der Waals surface area (Å²) in [6.45, 7) is 5.84. The van der Waals surface area contributed by atoms with Gasteiger partial charge in [-0.2, -0.15) is 0 Å². The first-order chi connectivity index (χ1) is 7.74. The van der Waals surface area contributed by atoms with Crippen LogP contribution in [0.1, 0.15) is 17.6 Å². The van der Waals surface area contributed by atoms with Crippen LogP contribution >= 0.6 is 11.3 Å². The van der Waals surface area contributed by atoms with Crippen molar-refractivity contribution in [3.63, 3.8) is 0 Å². The van der Waals surface area contributed by atoms with Crippen LogP contribution in [0.3, 0.4) is 0 Å². The van der Waals surface area contributed by atoms with Crippen molar-refractivity contribution in [2.75, 3.05) is 0 Å². The molecule has 0 fully saturated rings. The molecule has 0 aliphatic carbocycles. The third-order valence-electron chi connectivity index (χ3n) is 2.25. The van der Waals surface area contributed by atoms with Gasteiger partial charge in [0, 0.05) is 24.5 Å². The van der Waals surface area contributed by atoms with Crippen LogP contribution in [0.2, 0.25) is 0 Å². The summed E-state index contributed by atoms with van der Waals surface area (Å²) in [7, 11) is 0. The van der Waals surface area contributed by atoms with Crippen LogP contribution in [-0.2, 0) is 13.1 Å². The molecule has 0 bridgehead atoms. The van der Waals surface area contributed by atoms with Gasteiger partial charge in [0.1, 0.15) is 12.7 Å². The molecular weight excluding hydrogens is 222 g/mol. The third-order valence-corrected chi connectivity index (χ3v) is 3.07. The van der Waals surface area contributed by atoms with Crippen LogP contribution in [0.5, 0.6) is 0 Å². The summed E-state index contributed by atoms with van der Waals surface area (Å²) in [6.07, 6.45) is 3.45. The van der Waals surface area contributed by atoms with Gasteiger partial charge in [0.2, 0.25) is 0 Å². The zero-order valence-corrected chi connectivity index (χ0v) is 10.2. The van der Waals surface area contributed by atoms with E-state index in [4.69, 9.17) is 0 Å². The smallest absolute Gasteiger partial charge is 0.119 e. The Kier molecular flexibility index (Phi) is 3.63. The lowest BCUT2D eigenvalue weighted by Crippen LogP contribution is -2.29. The maximum absolute atomic E-state index is 4.40. The van der Waals surface area contributed by atoms with E-state index in [2.05, 4.69) is 32.8 Å². The van der Waals surface area contributed by atoms with E-state index in [1.165, 1.54) is 0 Å². The summed E-state index contributed by atoms with van der Waals surface area (Å²) in [6, 6.07) is 0.373. The van der Waals surface area contributed by atoms with Gasteiger partial charge in [0.25, 0.3) is 0 Å². The molecule has 0 aliphatic heterocycles. The summed E-state index contributed by atoms with van der Waals surface area (Å²) in [5, 5.41) is 14.2. The Bertz CT molecular complexity index is 422. The maximum atomic E-state index is 4.40. The van der Waals surface area contributed by atoms with E-state index in [1.807, 2.05) is 11.5 Å². The minimum atomic E-state index is 0.373. The largest absolute Gasteiger partial charge is 0.319 e. The van der Waals surface area contributed by atoms with Gasteiger partial charge in [-0.15, -0.1) is 21.5 Å². The minimum absolute atomic E-state index is 0.373. The Hall–Kier alpha value is -1.27. The van der Waals surface area contributed by atoms with E-state index in [9.17, 15) is 0 Å². The highest BCUT2D eigenvalue weighted by Crippen LogP contribution is 2.07. The zero-order valence-electron chi connectivity index (χ0n) is 9.42. The number of hydrogen-bond acceptors (Lipinski definition) is 5.